The number of rotatable bonds is 10. The van der Waals surface area contributed by atoms with Gasteiger partial charge in [0.1, 0.15) is 11.6 Å². The number of amides is 1. The molecule has 2 atom stereocenters. The van der Waals surface area contributed by atoms with Crippen LogP contribution < -0.4 is 15.4 Å². The number of pyridine rings is 1. The summed E-state index contributed by atoms with van der Waals surface area (Å²) in [6.07, 6.45) is 8.30. The van der Waals surface area contributed by atoms with E-state index in [0.29, 0.717) is 29.4 Å². The standard InChI is InChI=1S/C31H30F2N4O2/c1-18(2)39-23-11-20(10-22(13-23)21-6-7-24-26(14-21)27(24)15-34)17-36-30-25(4-3-9-35-30)31(38)37-16-19-5-8-28(32)29(33)12-19/h3-13,15,18,26-27,34H,14,16-17H2,1-2H3,(H,35,36)(H,37,38)/t26-,27?/m1/s1. The van der Waals surface area contributed by atoms with Gasteiger partial charge in [-0.3, -0.25) is 4.79 Å². The lowest BCUT2D eigenvalue weighted by molar-refractivity contribution is 0.0951. The lowest BCUT2D eigenvalue weighted by Gasteiger charge is -2.17. The number of aromatic nitrogens is 1. The molecule has 1 saturated carbocycles. The molecule has 0 saturated heterocycles. The molecular weight excluding hydrogens is 498 g/mol. The van der Waals surface area contributed by atoms with Gasteiger partial charge in [0.25, 0.3) is 5.91 Å². The lowest BCUT2D eigenvalue weighted by atomic mass is 9.95. The predicted molar refractivity (Wildman–Crippen MR) is 148 cm³/mol. The van der Waals surface area contributed by atoms with Crippen molar-refractivity contribution in [3.63, 3.8) is 0 Å². The van der Waals surface area contributed by atoms with Crippen molar-refractivity contribution >= 4 is 23.5 Å². The SMILES string of the molecule is CC(C)Oc1cc(CNc2ncccc2C(=O)NCc2ccc(F)c(F)c2)cc(C2=CC=C3C(C=N)[C@@H]3C2)c1. The number of halogens is 2. The topological polar surface area (TPSA) is 87.1 Å². The van der Waals surface area contributed by atoms with Crippen LogP contribution in [0.1, 0.15) is 47.3 Å². The fourth-order valence-corrected chi connectivity index (χ4v) is 4.90. The van der Waals surface area contributed by atoms with Gasteiger partial charge >= 0.3 is 0 Å². The Hall–Kier alpha value is -4.33. The van der Waals surface area contributed by atoms with Crippen molar-refractivity contribution in [1.29, 1.82) is 5.41 Å². The monoisotopic (exact) mass is 528 g/mol. The van der Waals surface area contributed by atoms with E-state index in [1.54, 1.807) is 18.3 Å². The molecule has 39 heavy (non-hydrogen) atoms. The first kappa shape index (κ1) is 26.3. The van der Waals surface area contributed by atoms with Gasteiger partial charge in [-0.15, -0.1) is 0 Å². The van der Waals surface area contributed by atoms with Crippen LogP contribution in [0.25, 0.3) is 5.57 Å². The molecule has 2 aliphatic carbocycles. The first-order chi connectivity index (χ1) is 18.8. The van der Waals surface area contributed by atoms with Crippen LogP contribution in [0.15, 0.2) is 72.5 Å². The van der Waals surface area contributed by atoms with Gasteiger partial charge < -0.3 is 20.8 Å². The fraction of sp³-hybridized carbons (Fsp3) is 0.258. The molecule has 8 heteroatoms. The van der Waals surface area contributed by atoms with Crippen molar-refractivity contribution in [2.24, 2.45) is 11.8 Å². The molecule has 1 unspecified atom stereocenters. The average molecular weight is 529 g/mol. The Bertz CT molecular complexity index is 1480. The number of nitrogens with zero attached hydrogens (tertiary/aromatic N) is 1. The Labute approximate surface area is 226 Å². The van der Waals surface area contributed by atoms with Crippen molar-refractivity contribution in [2.75, 3.05) is 5.32 Å². The number of nitrogens with one attached hydrogen (secondary N) is 3. The number of carbonyl (C=O) groups excluding carboxylic acids is 1. The molecule has 3 N–H and O–H groups in total. The van der Waals surface area contributed by atoms with Crippen LogP contribution in [-0.2, 0) is 13.1 Å². The summed E-state index contributed by atoms with van der Waals surface area (Å²) in [5.41, 5.74) is 5.37. The smallest absolute Gasteiger partial charge is 0.255 e. The van der Waals surface area contributed by atoms with Crippen molar-refractivity contribution < 1.29 is 18.3 Å². The molecular formula is C31H30F2N4O2. The van der Waals surface area contributed by atoms with Gasteiger partial charge in [-0.25, -0.2) is 13.8 Å². The third-order valence-electron chi connectivity index (χ3n) is 6.89. The zero-order valence-electron chi connectivity index (χ0n) is 21.8. The van der Waals surface area contributed by atoms with Crippen molar-refractivity contribution in [3.05, 3.63) is 106 Å². The zero-order chi connectivity index (χ0) is 27.5. The highest BCUT2D eigenvalue weighted by Crippen LogP contribution is 2.52. The number of ether oxygens (including phenoxy) is 1. The molecule has 1 fully saturated rings. The lowest BCUT2D eigenvalue weighted by Crippen LogP contribution is -2.24. The number of fused-ring (bicyclic) bond motifs is 1. The maximum atomic E-state index is 13.5. The Morgan fingerprint density at radius 3 is 2.72 bits per heavy atom. The molecule has 1 heterocycles. The normalized spacial score (nSPS) is 17.6. The van der Waals surface area contributed by atoms with Crippen LogP contribution in [0.4, 0.5) is 14.6 Å². The summed E-state index contributed by atoms with van der Waals surface area (Å²) in [5, 5.41) is 13.6. The van der Waals surface area contributed by atoms with Crippen LogP contribution in [0.3, 0.4) is 0 Å². The summed E-state index contributed by atoms with van der Waals surface area (Å²) in [5.74, 6) is -0.425. The second kappa shape index (κ2) is 11.2. The van der Waals surface area contributed by atoms with Gasteiger partial charge in [0, 0.05) is 31.4 Å². The summed E-state index contributed by atoms with van der Waals surface area (Å²) in [7, 11) is 0. The van der Waals surface area contributed by atoms with E-state index in [9.17, 15) is 13.6 Å². The van der Waals surface area contributed by atoms with E-state index in [0.717, 1.165) is 35.4 Å². The Balaban J connectivity index is 1.30. The molecule has 1 amide bonds. The van der Waals surface area contributed by atoms with E-state index in [4.69, 9.17) is 10.1 Å². The second-order valence-corrected chi connectivity index (χ2v) is 10.1. The quantitative estimate of drug-likeness (QED) is 0.270. The average Bonchev–Trinajstić information content (AvgIpc) is 3.64. The van der Waals surface area contributed by atoms with E-state index in [1.807, 2.05) is 26.0 Å². The van der Waals surface area contributed by atoms with Gasteiger partial charge in [0.15, 0.2) is 11.6 Å². The number of anilines is 1. The minimum absolute atomic E-state index is 0.0132. The van der Waals surface area contributed by atoms with Crippen molar-refractivity contribution in [2.45, 2.75) is 39.5 Å². The molecule has 0 radical (unpaired) electrons. The Kier molecular flexibility index (Phi) is 7.54. The maximum Gasteiger partial charge on any atom is 0.255 e. The predicted octanol–water partition coefficient (Wildman–Crippen LogP) is 6.30. The zero-order valence-corrected chi connectivity index (χ0v) is 21.8. The summed E-state index contributed by atoms with van der Waals surface area (Å²) in [6, 6.07) is 13.0. The highest BCUT2D eigenvalue weighted by Gasteiger charge is 2.43. The summed E-state index contributed by atoms with van der Waals surface area (Å²) in [4.78, 5) is 17.3. The van der Waals surface area contributed by atoms with Crippen LogP contribution in [0, 0.1) is 28.9 Å². The van der Waals surface area contributed by atoms with E-state index in [-0.39, 0.29) is 24.5 Å². The van der Waals surface area contributed by atoms with Crippen LogP contribution in [-0.4, -0.2) is 23.2 Å². The van der Waals surface area contributed by atoms with E-state index < -0.39 is 11.6 Å². The molecule has 200 valence electrons. The number of carbonyl (C=O) groups is 1. The van der Waals surface area contributed by atoms with E-state index >= 15 is 0 Å². The minimum Gasteiger partial charge on any atom is -0.491 e. The third kappa shape index (κ3) is 6.06. The number of hydrogen-bond acceptors (Lipinski definition) is 5. The molecule has 0 aliphatic heterocycles. The van der Waals surface area contributed by atoms with Gasteiger partial charge in [-0.2, -0.15) is 0 Å². The van der Waals surface area contributed by atoms with E-state index in [2.05, 4.69) is 33.8 Å². The number of benzene rings is 2. The number of allylic oxidation sites excluding steroid dienone is 4. The molecule has 0 bridgehead atoms. The Morgan fingerprint density at radius 2 is 1.95 bits per heavy atom. The highest BCUT2D eigenvalue weighted by molar-refractivity contribution is 5.98. The van der Waals surface area contributed by atoms with Crippen molar-refractivity contribution in [1.82, 2.24) is 10.3 Å². The van der Waals surface area contributed by atoms with Crippen LogP contribution in [0.5, 0.6) is 5.75 Å². The van der Waals surface area contributed by atoms with Crippen LogP contribution in [0.2, 0.25) is 0 Å². The largest absolute Gasteiger partial charge is 0.491 e. The number of hydrogen-bond donors (Lipinski definition) is 3. The van der Waals surface area contributed by atoms with Gasteiger partial charge in [0.05, 0.1) is 11.7 Å². The van der Waals surface area contributed by atoms with E-state index in [1.165, 1.54) is 23.4 Å². The van der Waals surface area contributed by atoms with Gasteiger partial charge in [-0.1, -0.05) is 23.8 Å². The Morgan fingerprint density at radius 1 is 1.10 bits per heavy atom. The maximum absolute atomic E-state index is 13.5. The third-order valence-corrected chi connectivity index (χ3v) is 6.89. The summed E-state index contributed by atoms with van der Waals surface area (Å²) in [6.45, 7) is 4.42. The fourth-order valence-electron chi connectivity index (χ4n) is 4.90. The minimum atomic E-state index is -0.958. The molecule has 2 aliphatic rings. The van der Waals surface area contributed by atoms with Gasteiger partial charge in [-0.05, 0) is 90.9 Å². The molecule has 2 aromatic carbocycles. The molecule has 6 nitrogen and oxygen atoms in total. The first-order valence-corrected chi connectivity index (χ1v) is 13.0. The first-order valence-electron chi connectivity index (χ1n) is 13.0. The highest BCUT2D eigenvalue weighted by atomic mass is 19.2. The van der Waals surface area contributed by atoms with Crippen LogP contribution >= 0.6 is 0 Å². The molecule has 3 aromatic rings. The summed E-state index contributed by atoms with van der Waals surface area (Å²) < 4.78 is 32.8. The van der Waals surface area contributed by atoms with Crippen molar-refractivity contribution in [3.8, 4) is 5.75 Å². The molecule has 0 spiro atoms. The summed E-state index contributed by atoms with van der Waals surface area (Å²) >= 11 is 0. The molecule has 1 aromatic heterocycles. The van der Waals surface area contributed by atoms with Gasteiger partial charge in [0.2, 0.25) is 0 Å². The molecule has 5 rings (SSSR count). The second-order valence-electron chi connectivity index (χ2n) is 10.1.